The number of benzene rings is 8. The molecule has 0 atom stereocenters. The number of hydrogen-bond acceptors (Lipinski definition) is 2. The maximum atomic E-state index is 10.9. The third-order valence-electron chi connectivity index (χ3n) is 11.1. The molecule has 0 aliphatic carbocycles. The molecule has 5 nitrogen and oxygen atoms in total. The maximum Gasteiger partial charge on any atom is 0.101 e. The predicted octanol–water partition coefficient (Wildman–Crippen LogP) is 12.4. The second-order valence-electron chi connectivity index (χ2n) is 14.0. The summed E-state index contributed by atoms with van der Waals surface area (Å²) in [6.45, 7) is 0. The Bertz CT molecular complexity index is 3420. The molecule has 11 rings (SSSR count). The van der Waals surface area contributed by atoms with Crippen molar-refractivity contribution in [2.24, 2.45) is 0 Å². The van der Waals surface area contributed by atoms with E-state index in [9.17, 15) is 10.5 Å². The van der Waals surface area contributed by atoms with Gasteiger partial charge in [-0.1, -0.05) is 109 Å². The van der Waals surface area contributed by atoms with Crippen LogP contribution in [0.5, 0.6) is 0 Å². The topological polar surface area (TPSA) is 62.4 Å². The van der Waals surface area contributed by atoms with Gasteiger partial charge in [0.1, 0.15) is 6.07 Å². The van der Waals surface area contributed by atoms with Gasteiger partial charge in [0.15, 0.2) is 0 Å². The number of rotatable bonds is 4. The van der Waals surface area contributed by atoms with Crippen LogP contribution >= 0.6 is 0 Å². The predicted molar refractivity (Wildman–Crippen MR) is 224 cm³/mol. The smallest absolute Gasteiger partial charge is 0.101 e. The van der Waals surface area contributed by atoms with Crippen LogP contribution in [-0.4, -0.2) is 13.7 Å². The minimum absolute atomic E-state index is 0.582. The van der Waals surface area contributed by atoms with Crippen molar-refractivity contribution in [3.05, 3.63) is 187 Å². The molecule has 5 heteroatoms. The molecule has 3 aromatic heterocycles. The Balaban J connectivity index is 1.23. The van der Waals surface area contributed by atoms with Gasteiger partial charge >= 0.3 is 0 Å². The van der Waals surface area contributed by atoms with E-state index in [1.54, 1.807) is 0 Å². The normalized spacial score (nSPS) is 11.6. The van der Waals surface area contributed by atoms with Crippen molar-refractivity contribution < 1.29 is 0 Å². The molecular weight excluding hydrogens is 671 g/mol. The first kappa shape index (κ1) is 30.7. The van der Waals surface area contributed by atoms with Gasteiger partial charge in [-0.2, -0.15) is 10.5 Å². The monoisotopic (exact) mass is 699 g/mol. The molecule has 0 amide bonds. The molecule has 254 valence electrons. The van der Waals surface area contributed by atoms with Gasteiger partial charge < -0.3 is 13.7 Å². The van der Waals surface area contributed by atoms with Gasteiger partial charge in [0.2, 0.25) is 0 Å². The van der Waals surface area contributed by atoms with Gasteiger partial charge in [0.25, 0.3) is 0 Å². The average molecular weight is 700 g/mol. The Morgan fingerprint density at radius 1 is 0.382 bits per heavy atom. The first-order valence-electron chi connectivity index (χ1n) is 18.3. The van der Waals surface area contributed by atoms with E-state index in [0.29, 0.717) is 11.1 Å². The molecule has 0 fully saturated rings. The van der Waals surface area contributed by atoms with Crippen molar-refractivity contribution in [1.82, 2.24) is 13.7 Å². The summed E-state index contributed by atoms with van der Waals surface area (Å²) in [6.07, 6.45) is 0. The third-order valence-corrected chi connectivity index (χ3v) is 11.1. The zero-order valence-electron chi connectivity index (χ0n) is 29.5. The summed E-state index contributed by atoms with van der Waals surface area (Å²) in [6, 6.07) is 65.9. The molecular formula is C50H29N5. The molecule has 0 spiro atoms. The second kappa shape index (κ2) is 11.8. The van der Waals surface area contributed by atoms with Crippen LogP contribution in [0.2, 0.25) is 0 Å². The summed E-state index contributed by atoms with van der Waals surface area (Å²) < 4.78 is 6.94. The molecule has 0 radical (unpaired) electrons. The highest BCUT2D eigenvalue weighted by Gasteiger charge is 2.23. The Hall–Kier alpha value is -7.86. The van der Waals surface area contributed by atoms with Gasteiger partial charge in [-0.25, -0.2) is 0 Å². The molecule has 0 unspecified atom stereocenters. The van der Waals surface area contributed by atoms with Crippen molar-refractivity contribution in [2.45, 2.75) is 0 Å². The van der Waals surface area contributed by atoms with Gasteiger partial charge in [-0.05, 0) is 72.3 Å². The van der Waals surface area contributed by atoms with E-state index >= 15 is 0 Å². The highest BCUT2D eigenvalue weighted by molar-refractivity contribution is 6.16. The van der Waals surface area contributed by atoms with Crippen molar-refractivity contribution in [2.75, 3.05) is 0 Å². The van der Waals surface area contributed by atoms with Crippen LogP contribution in [0.1, 0.15) is 11.1 Å². The largest absolute Gasteiger partial charge is 0.309 e. The van der Waals surface area contributed by atoms with Crippen molar-refractivity contribution in [3.8, 4) is 40.3 Å². The highest BCUT2D eigenvalue weighted by Crippen LogP contribution is 2.43. The van der Waals surface area contributed by atoms with Crippen LogP contribution in [0.4, 0.5) is 0 Å². The van der Waals surface area contributed by atoms with E-state index < -0.39 is 0 Å². The summed E-state index contributed by atoms with van der Waals surface area (Å²) in [7, 11) is 0. The number of nitrogens with zero attached hydrogens (tertiary/aromatic N) is 5. The second-order valence-corrected chi connectivity index (χ2v) is 14.0. The van der Waals surface area contributed by atoms with Gasteiger partial charge in [0.05, 0.1) is 61.7 Å². The molecule has 0 saturated carbocycles. The van der Waals surface area contributed by atoms with E-state index in [-0.39, 0.29) is 0 Å². The fraction of sp³-hybridized carbons (Fsp3) is 0. The van der Waals surface area contributed by atoms with Crippen LogP contribution in [0, 0.1) is 22.7 Å². The lowest BCUT2D eigenvalue weighted by Gasteiger charge is -2.19. The van der Waals surface area contributed by atoms with Crippen LogP contribution in [0.25, 0.3) is 93.6 Å². The zero-order valence-corrected chi connectivity index (χ0v) is 29.5. The quantitative estimate of drug-likeness (QED) is 0.184. The minimum atomic E-state index is 0.582. The van der Waals surface area contributed by atoms with Crippen LogP contribution in [-0.2, 0) is 0 Å². The van der Waals surface area contributed by atoms with Gasteiger partial charge in [0, 0.05) is 43.6 Å². The minimum Gasteiger partial charge on any atom is -0.309 e. The van der Waals surface area contributed by atoms with Gasteiger partial charge in [-0.15, -0.1) is 0 Å². The van der Waals surface area contributed by atoms with E-state index in [1.165, 1.54) is 10.8 Å². The van der Waals surface area contributed by atoms with Crippen LogP contribution in [0.3, 0.4) is 0 Å². The SMILES string of the molecule is N#Cc1ccc2c(c1)c1ccccc1n2-c1cccc2c3ccccc3n(-c3c(C#N)cccc3-c3cccc(-n4c5ccccc5c5ccccc54)c3)c12. The molecule has 55 heavy (non-hydrogen) atoms. The van der Waals surface area contributed by atoms with Crippen molar-refractivity contribution >= 4 is 65.4 Å². The van der Waals surface area contributed by atoms with E-state index in [4.69, 9.17) is 0 Å². The summed E-state index contributed by atoms with van der Waals surface area (Å²) in [5, 5.41) is 27.4. The molecule has 0 N–H and O–H groups in total. The molecule has 0 bridgehead atoms. The number of aromatic nitrogens is 3. The summed E-state index contributed by atoms with van der Waals surface area (Å²) in [4.78, 5) is 0. The summed E-state index contributed by atoms with van der Waals surface area (Å²) >= 11 is 0. The molecule has 3 heterocycles. The first-order valence-corrected chi connectivity index (χ1v) is 18.3. The lowest BCUT2D eigenvalue weighted by atomic mass is 9.99. The molecule has 0 saturated heterocycles. The highest BCUT2D eigenvalue weighted by atomic mass is 15.1. The Morgan fingerprint density at radius 3 is 1.60 bits per heavy atom. The summed E-state index contributed by atoms with van der Waals surface area (Å²) in [5.41, 5.74) is 12.4. The lowest BCUT2D eigenvalue weighted by Crippen LogP contribution is -2.04. The molecule has 11 aromatic rings. The maximum absolute atomic E-state index is 10.9. The van der Waals surface area contributed by atoms with E-state index in [1.807, 2.05) is 30.3 Å². The van der Waals surface area contributed by atoms with Crippen LogP contribution in [0.15, 0.2) is 176 Å². The standard InChI is InChI=1S/C50H29N5/c51-30-32-26-27-47-42(28-32)40-18-4-7-23-45(40)54(47)48-25-11-20-41-39-17-3-8-24-46(39)55(50(41)48)49-34(31-52)13-10-19-36(49)33-12-9-14-35(29-33)53-43-21-5-1-15-37(43)38-16-2-6-22-44(38)53/h1-29H. The zero-order chi connectivity index (χ0) is 36.6. The van der Waals surface area contributed by atoms with E-state index in [2.05, 4.69) is 171 Å². The number of para-hydroxylation sites is 6. The van der Waals surface area contributed by atoms with E-state index in [0.717, 1.165) is 82.8 Å². The lowest BCUT2D eigenvalue weighted by molar-refractivity contribution is 1.12. The Morgan fingerprint density at radius 2 is 0.927 bits per heavy atom. The Kier molecular flexibility index (Phi) is 6.61. The van der Waals surface area contributed by atoms with Gasteiger partial charge in [-0.3, -0.25) is 0 Å². The first-order chi connectivity index (χ1) is 27.2. The molecule has 0 aliphatic heterocycles. The fourth-order valence-electron chi connectivity index (χ4n) is 8.84. The Labute approximate surface area is 316 Å². The number of fused-ring (bicyclic) bond motifs is 9. The van der Waals surface area contributed by atoms with Crippen LogP contribution < -0.4 is 0 Å². The third kappa shape index (κ3) is 4.39. The number of hydrogen-bond donors (Lipinski definition) is 0. The average Bonchev–Trinajstić information content (AvgIpc) is 3.89. The molecule has 8 aromatic carbocycles. The number of nitriles is 2. The summed E-state index contributed by atoms with van der Waals surface area (Å²) in [5.74, 6) is 0. The van der Waals surface area contributed by atoms with Crippen molar-refractivity contribution in [3.63, 3.8) is 0 Å². The molecule has 0 aliphatic rings. The fourth-order valence-corrected chi connectivity index (χ4v) is 8.84. The van der Waals surface area contributed by atoms with Crippen molar-refractivity contribution in [1.29, 1.82) is 10.5 Å².